The fourth-order valence-electron chi connectivity index (χ4n) is 3.25. The molecule has 1 atom stereocenters. The molecule has 1 aromatic carbocycles. The van der Waals surface area contributed by atoms with E-state index in [0.29, 0.717) is 32.5 Å². The van der Waals surface area contributed by atoms with Gasteiger partial charge in [-0.3, -0.25) is 4.79 Å². The number of esters is 1. The van der Waals surface area contributed by atoms with E-state index in [9.17, 15) is 9.59 Å². The lowest BCUT2D eigenvalue weighted by Gasteiger charge is -2.33. The quantitative estimate of drug-likeness (QED) is 0.788. The Labute approximate surface area is 155 Å². The molecule has 6 heteroatoms. The van der Waals surface area contributed by atoms with Crippen LogP contribution in [0, 0.1) is 11.8 Å². The van der Waals surface area contributed by atoms with Gasteiger partial charge in [0.1, 0.15) is 5.75 Å². The Morgan fingerprint density at radius 1 is 1.19 bits per heavy atom. The number of hydrogen-bond donors (Lipinski definition) is 1. The summed E-state index contributed by atoms with van der Waals surface area (Å²) < 4.78 is 10.3. The van der Waals surface area contributed by atoms with Crippen LogP contribution in [-0.2, 0) is 9.53 Å². The molecule has 0 radical (unpaired) electrons. The molecule has 0 saturated carbocycles. The standard InChI is InChI=1S/C20H30N2O4/c1-5-26-19(23)16-10-12-22(13-11-16)20(24)21-18(14(2)3)15-6-8-17(25-4)9-7-15/h6-9,14,16,18H,5,10-13H2,1-4H3,(H,21,24). The van der Waals surface area contributed by atoms with Gasteiger partial charge in [0.2, 0.25) is 0 Å². The highest BCUT2D eigenvalue weighted by atomic mass is 16.5. The van der Waals surface area contributed by atoms with Crippen LogP contribution in [0.15, 0.2) is 24.3 Å². The number of nitrogens with zero attached hydrogens (tertiary/aromatic N) is 1. The molecule has 1 saturated heterocycles. The molecular formula is C20H30N2O4. The number of piperidine rings is 1. The number of carbonyl (C=O) groups is 2. The fourth-order valence-corrected chi connectivity index (χ4v) is 3.25. The molecule has 0 spiro atoms. The summed E-state index contributed by atoms with van der Waals surface area (Å²) in [7, 11) is 1.64. The molecule has 0 aromatic heterocycles. The summed E-state index contributed by atoms with van der Waals surface area (Å²) in [6.07, 6.45) is 1.31. The number of benzene rings is 1. The molecule has 144 valence electrons. The molecule has 2 rings (SSSR count). The van der Waals surface area contributed by atoms with Crippen molar-refractivity contribution in [2.24, 2.45) is 11.8 Å². The van der Waals surface area contributed by atoms with E-state index >= 15 is 0 Å². The molecule has 6 nitrogen and oxygen atoms in total. The number of carbonyl (C=O) groups excluding carboxylic acids is 2. The number of amides is 2. The molecule has 0 aliphatic carbocycles. The van der Waals surface area contributed by atoms with Crippen LogP contribution in [0.25, 0.3) is 0 Å². The van der Waals surface area contributed by atoms with Crippen LogP contribution in [0.5, 0.6) is 5.75 Å². The third kappa shape index (κ3) is 5.13. The first kappa shape index (κ1) is 20.1. The van der Waals surface area contributed by atoms with E-state index in [0.717, 1.165) is 11.3 Å². The van der Waals surface area contributed by atoms with Crippen LogP contribution in [0.1, 0.15) is 45.2 Å². The van der Waals surface area contributed by atoms with Gasteiger partial charge in [-0.2, -0.15) is 0 Å². The Balaban J connectivity index is 1.94. The van der Waals surface area contributed by atoms with Crippen molar-refractivity contribution >= 4 is 12.0 Å². The maximum absolute atomic E-state index is 12.7. The van der Waals surface area contributed by atoms with Gasteiger partial charge >= 0.3 is 12.0 Å². The Kier molecular flexibility index (Phi) is 7.30. The van der Waals surface area contributed by atoms with Gasteiger partial charge in [0.25, 0.3) is 0 Å². The van der Waals surface area contributed by atoms with Crippen molar-refractivity contribution in [1.29, 1.82) is 0 Å². The summed E-state index contributed by atoms with van der Waals surface area (Å²) in [5, 5.41) is 3.14. The summed E-state index contributed by atoms with van der Waals surface area (Å²) in [5.74, 6) is 0.806. The van der Waals surface area contributed by atoms with Gasteiger partial charge in [-0.15, -0.1) is 0 Å². The monoisotopic (exact) mass is 362 g/mol. The summed E-state index contributed by atoms with van der Waals surface area (Å²) in [4.78, 5) is 26.3. The number of nitrogens with one attached hydrogen (secondary N) is 1. The largest absolute Gasteiger partial charge is 0.497 e. The van der Waals surface area contributed by atoms with Crippen LogP contribution in [0.2, 0.25) is 0 Å². The average Bonchev–Trinajstić information content (AvgIpc) is 2.66. The van der Waals surface area contributed by atoms with Crippen LogP contribution < -0.4 is 10.1 Å². The second-order valence-electron chi connectivity index (χ2n) is 6.96. The van der Waals surface area contributed by atoms with Gasteiger partial charge < -0.3 is 19.7 Å². The molecule has 1 fully saturated rings. The maximum atomic E-state index is 12.7. The smallest absolute Gasteiger partial charge is 0.317 e. The van der Waals surface area contributed by atoms with E-state index in [-0.39, 0.29) is 29.9 Å². The van der Waals surface area contributed by atoms with Crippen LogP contribution in [-0.4, -0.2) is 43.7 Å². The number of urea groups is 1. The van der Waals surface area contributed by atoms with Crippen molar-refractivity contribution in [3.8, 4) is 5.75 Å². The first-order valence-electron chi connectivity index (χ1n) is 9.32. The predicted molar refractivity (Wildman–Crippen MR) is 100 cm³/mol. The van der Waals surface area contributed by atoms with E-state index in [4.69, 9.17) is 9.47 Å². The summed E-state index contributed by atoms with van der Waals surface area (Å²) in [6, 6.07) is 7.62. The molecule has 1 heterocycles. The molecular weight excluding hydrogens is 332 g/mol. The van der Waals surface area contributed by atoms with Gasteiger partial charge in [-0.1, -0.05) is 26.0 Å². The molecule has 0 bridgehead atoms. The topological polar surface area (TPSA) is 67.9 Å². The van der Waals surface area contributed by atoms with Gasteiger partial charge in [-0.25, -0.2) is 4.79 Å². The Morgan fingerprint density at radius 3 is 2.31 bits per heavy atom. The second-order valence-corrected chi connectivity index (χ2v) is 6.96. The minimum atomic E-state index is -0.147. The molecule has 26 heavy (non-hydrogen) atoms. The lowest BCUT2D eigenvalue weighted by atomic mass is 9.95. The predicted octanol–water partition coefficient (Wildman–Crippen LogP) is 3.38. The van der Waals surface area contributed by atoms with Gasteiger partial charge in [0.05, 0.1) is 25.7 Å². The van der Waals surface area contributed by atoms with E-state index < -0.39 is 0 Å². The average molecular weight is 362 g/mol. The summed E-state index contributed by atoms with van der Waals surface area (Å²) in [5.41, 5.74) is 1.05. The summed E-state index contributed by atoms with van der Waals surface area (Å²) >= 11 is 0. The molecule has 1 aliphatic heterocycles. The molecule has 1 unspecified atom stereocenters. The van der Waals surface area contributed by atoms with Crippen molar-refractivity contribution in [3.05, 3.63) is 29.8 Å². The van der Waals surface area contributed by atoms with Crippen molar-refractivity contribution in [2.75, 3.05) is 26.8 Å². The Bertz CT molecular complexity index is 592. The third-order valence-electron chi connectivity index (χ3n) is 4.82. The van der Waals surface area contributed by atoms with Crippen molar-refractivity contribution in [1.82, 2.24) is 10.2 Å². The van der Waals surface area contributed by atoms with Crippen LogP contribution in [0.3, 0.4) is 0 Å². The van der Waals surface area contributed by atoms with Gasteiger partial charge in [-0.05, 0) is 43.4 Å². The van der Waals surface area contributed by atoms with E-state index in [1.807, 2.05) is 31.2 Å². The fraction of sp³-hybridized carbons (Fsp3) is 0.600. The van der Waals surface area contributed by atoms with E-state index in [1.165, 1.54) is 0 Å². The number of rotatable bonds is 6. The Hall–Kier alpha value is -2.24. The SMILES string of the molecule is CCOC(=O)C1CCN(C(=O)NC(c2ccc(OC)cc2)C(C)C)CC1. The zero-order chi connectivity index (χ0) is 19.1. The number of ether oxygens (including phenoxy) is 2. The third-order valence-corrected chi connectivity index (χ3v) is 4.82. The first-order chi connectivity index (χ1) is 12.5. The zero-order valence-corrected chi connectivity index (χ0v) is 16.2. The minimum absolute atomic E-state index is 0.0730. The minimum Gasteiger partial charge on any atom is -0.497 e. The lowest BCUT2D eigenvalue weighted by Crippen LogP contribution is -2.47. The van der Waals surface area contributed by atoms with Gasteiger partial charge in [0.15, 0.2) is 0 Å². The highest BCUT2D eigenvalue weighted by Gasteiger charge is 2.29. The highest BCUT2D eigenvalue weighted by molar-refractivity contribution is 5.76. The van der Waals surface area contributed by atoms with E-state index in [2.05, 4.69) is 19.2 Å². The molecule has 1 aliphatic rings. The lowest BCUT2D eigenvalue weighted by molar-refractivity contribution is -0.149. The normalized spacial score (nSPS) is 16.3. The number of methoxy groups -OCH3 is 1. The van der Waals surface area contributed by atoms with Crippen molar-refractivity contribution in [2.45, 2.75) is 39.7 Å². The second kappa shape index (κ2) is 9.46. The first-order valence-corrected chi connectivity index (χ1v) is 9.32. The summed E-state index contributed by atoms with van der Waals surface area (Å²) in [6.45, 7) is 7.53. The molecule has 1 aromatic rings. The molecule has 1 N–H and O–H groups in total. The molecule has 2 amide bonds. The van der Waals surface area contributed by atoms with Crippen LogP contribution in [0.4, 0.5) is 4.79 Å². The van der Waals surface area contributed by atoms with E-state index in [1.54, 1.807) is 12.0 Å². The highest BCUT2D eigenvalue weighted by Crippen LogP contribution is 2.25. The zero-order valence-electron chi connectivity index (χ0n) is 16.2. The van der Waals surface area contributed by atoms with Gasteiger partial charge in [0, 0.05) is 13.1 Å². The number of likely N-dealkylation sites (tertiary alicyclic amines) is 1. The number of hydrogen-bond acceptors (Lipinski definition) is 4. The van der Waals surface area contributed by atoms with Crippen molar-refractivity contribution < 1.29 is 19.1 Å². The Morgan fingerprint density at radius 2 is 1.81 bits per heavy atom. The van der Waals surface area contributed by atoms with Crippen LogP contribution >= 0.6 is 0 Å². The van der Waals surface area contributed by atoms with Crippen molar-refractivity contribution in [3.63, 3.8) is 0 Å². The maximum Gasteiger partial charge on any atom is 0.317 e.